The van der Waals surface area contributed by atoms with E-state index in [1.807, 2.05) is 18.8 Å². The molecule has 0 aromatic carbocycles. The van der Waals surface area contributed by atoms with Gasteiger partial charge in [-0.2, -0.15) is 0 Å². The monoisotopic (exact) mass is 268 g/mol. The second-order valence-corrected chi connectivity index (χ2v) is 9.96. The van der Waals surface area contributed by atoms with Crippen molar-refractivity contribution < 1.29 is 0 Å². The van der Waals surface area contributed by atoms with Gasteiger partial charge in [0.05, 0.1) is 0 Å². The summed E-state index contributed by atoms with van der Waals surface area (Å²) in [5.74, 6) is 0. The first-order valence-corrected chi connectivity index (χ1v) is 7.95. The average molecular weight is 268 g/mol. The minimum Gasteiger partial charge on any atom is -0.279 e. The first kappa shape index (κ1) is 16.5. The van der Waals surface area contributed by atoms with Crippen LogP contribution in [-0.4, -0.2) is 75.1 Å². The fourth-order valence-corrected chi connectivity index (χ4v) is 7.21. The minimum absolute atomic E-state index is 0.942. The molecule has 0 saturated heterocycles. The molecule has 0 rings (SSSR count). The highest BCUT2D eigenvalue weighted by Gasteiger charge is 2.29. The molecule has 6 nitrogen and oxygen atoms in total. The van der Waals surface area contributed by atoms with Gasteiger partial charge in [0.2, 0.25) is 0 Å². The molecule has 0 fully saturated rings. The molecule has 0 aromatic rings. The van der Waals surface area contributed by atoms with Crippen LogP contribution in [0.5, 0.6) is 0 Å². The highest BCUT2D eigenvalue weighted by molar-refractivity contribution is 7.67. The van der Waals surface area contributed by atoms with E-state index >= 15 is 0 Å². The Labute approximate surface area is 101 Å². The fraction of sp³-hybridized carbons (Fsp3) is 1.00. The molecule has 0 heterocycles. The van der Waals surface area contributed by atoms with Crippen LogP contribution in [-0.2, 0) is 0 Å². The zero-order chi connectivity index (χ0) is 13.1. The molecular formula is C8H26N6P2. The van der Waals surface area contributed by atoms with E-state index in [1.54, 1.807) is 0 Å². The lowest BCUT2D eigenvalue weighted by Crippen LogP contribution is -2.31. The van der Waals surface area contributed by atoms with Crippen molar-refractivity contribution in [3.05, 3.63) is 0 Å². The van der Waals surface area contributed by atoms with Gasteiger partial charge in [0, 0.05) is 0 Å². The van der Waals surface area contributed by atoms with Gasteiger partial charge in [0.15, 0.2) is 15.9 Å². The second-order valence-electron chi connectivity index (χ2n) is 4.34. The van der Waals surface area contributed by atoms with Crippen molar-refractivity contribution in [1.29, 1.82) is 0 Å². The van der Waals surface area contributed by atoms with Gasteiger partial charge in [-0.25, -0.2) is 4.52 Å². The molecule has 1 atom stereocenters. The molecule has 16 heavy (non-hydrogen) atoms. The number of rotatable bonds is 5. The van der Waals surface area contributed by atoms with Gasteiger partial charge in [-0.15, -0.1) is 0 Å². The number of hydrogen-bond donors (Lipinski definition) is 1. The number of hydrogen-bond acceptors (Lipinski definition) is 3. The van der Waals surface area contributed by atoms with Crippen LogP contribution in [0.1, 0.15) is 0 Å². The van der Waals surface area contributed by atoms with Crippen molar-refractivity contribution in [3.63, 3.8) is 0 Å². The van der Waals surface area contributed by atoms with Gasteiger partial charge >= 0.3 is 0 Å². The quantitative estimate of drug-likeness (QED) is 0.763. The Kier molecular flexibility index (Phi) is 6.59. The van der Waals surface area contributed by atoms with Crippen LogP contribution in [0.4, 0.5) is 0 Å². The van der Waals surface area contributed by atoms with Crippen molar-refractivity contribution in [2.75, 3.05) is 56.4 Å². The van der Waals surface area contributed by atoms with Gasteiger partial charge in [-0.05, 0) is 56.4 Å². The molecule has 0 radical (unpaired) electrons. The van der Waals surface area contributed by atoms with Crippen molar-refractivity contribution in [2.45, 2.75) is 0 Å². The molecule has 0 aliphatic carbocycles. The molecule has 0 spiro atoms. The lowest BCUT2D eigenvalue weighted by atomic mass is 11.2. The van der Waals surface area contributed by atoms with Crippen LogP contribution in [0.2, 0.25) is 0 Å². The normalized spacial score (nSPS) is 15.3. The van der Waals surface area contributed by atoms with Gasteiger partial charge in [0.1, 0.15) is 0 Å². The smallest absolute Gasteiger partial charge is 0.172 e. The summed E-state index contributed by atoms with van der Waals surface area (Å²) in [5, 5.41) is 0. The standard InChI is InChI=1S/C8H26N6P2/c1-11(2)15(9)10-16(12(3)4,13(5)6)14(7)8/h9H2,1-8H3. The molecule has 1 unspecified atom stereocenters. The van der Waals surface area contributed by atoms with Gasteiger partial charge < -0.3 is 0 Å². The predicted octanol–water partition coefficient (Wildman–Crippen LogP) is 1.36. The van der Waals surface area contributed by atoms with Crippen molar-refractivity contribution in [2.24, 2.45) is 10.0 Å². The first-order valence-electron chi connectivity index (χ1n) is 5.04. The van der Waals surface area contributed by atoms with Crippen LogP contribution in [0, 0.1) is 0 Å². The Morgan fingerprint density at radius 3 is 1.31 bits per heavy atom. The molecular weight excluding hydrogens is 242 g/mol. The largest absolute Gasteiger partial charge is 0.279 e. The summed E-state index contributed by atoms with van der Waals surface area (Å²) in [5.41, 5.74) is 6.09. The van der Waals surface area contributed by atoms with E-state index < -0.39 is 15.9 Å². The Hall–Kier alpha value is 0.460. The molecule has 98 valence electrons. The Morgan fingerprint density at radius 2 is 1.12 bits per heavy atom. The van der Waals surface area contributed by atoms with Gasteiger partial charge in [-0.1, -0.05) is 0 Å². The van der Waals surface area contributed by atoms with Gasteiger partial charge in [-0.3, -0.25) is 24.2 Å². The van der Waals surface area contributed by atoms with Crippen molar-refractivity contribution >= 4 is 15.9 Å². The molecule has 2 N–H and O–H groups in total. The topological polar surface area (TPSA) is 51.3 Å². The lowest BCUT2D eigenvalue weighted by molar-refractivity contribution is 0.475. The number of nitrogens with zero attached hydrogens (tertiary/aromatic N) is 5. The highest BCUT2D eigenvalue weighted by atomic mass is 31.2. The number of nitrogens with two attached hydrogens (primary N) is 1. The van der Waals surface area contributed by atoms with E-state index in [1.165, 1.54) is 0 Å². The van der Waals surface area contributed by atoms with Crippen LogP contribution < -0.4 is 5.50 Å². The van der Waals surface area contributed by atoms with E-state index in [2.05, 4.69) is 56.3 Å². The summed E-state index contributed by atoms with van der Waals surface area (Å²) < 4.78 is 13.3. The third-order valence-electron chi connectivity index (χ3n) is 2.23. The van der Waals surface area contributed by atoms with Crippen LogP contribution >= 0.6 is 15.9 Å². The van der Waals surface area contributed by atoms with E-state index in [0.717, 1.165) is 0 Å². The fourth-order valence-electron chi connectivity index (χ4n) is 1.52. The lowest BCUT2D eigenvalue weighted by Gasteiger charge is -2.41. The van der Waals surface area contributed by atoms with Crippen molar-refractivity contribution in [3.8, 4) is 0 Å². The van der Waals surface area contributed by atoms with Crippen molar-refractivity contribution in [1.82, 2.24) is 18.7 Å². The molecule has 0 amide bonds. The Morgan fingerprint density at radius 1 is 0.812 bits per heavy atom. The second kappa shape index (κ2) is 6.41. The van der Waals surface area contributed by atoms with Crippen LogP contribution in [0.15, 0.2) is 4.52 Å². The summed E-state index contributed by atoms with van der Waals surface area (Å²) in [6.07, 6.45) is 0. The molecule has 0 aromatic heterocycles. The Balaban J connectivity index is 5.53. The van der Waals surface area contributed by atoms with E-state index in [0.29, 0.717) is 0 Å². The molecule has 0 aliphatic rings. The summed E-state index contributed by atoms with van der Waals surface area (Å²) in [6.45, 7) is 0. The van der Waals surface area contributed by atoms with Crippen LogP contribution in [0.3, 0.4) is 0 Å². The SMILES string of the molecule is CN(C)P(N)N=P(N(C)C)(N(C)C)N(C)C. The first-order chi connectivity index (χ1) is 7.16. The summed E-state index contributed by atoms with van der Waals surface area (Å²) >= 11 is 0. The van der Waals surface area contributed by atoms with E-state index in [9.17, 15) is 0 Å². The zero-order valence-electron chi connectivity index (χ0n) is 11.7. The molecule has 0 saturated carbocycles. The summed E-state index contributed by atoms with van der Waals surface area (Å²) in [6, 6.07) is 0. The predicted molar refractivity (Wildman–Crippen MR) is 75.2 cm³/mol. The zero-order valence-corrected chi connectivity index (χ0v) is 13.5. The maximum atomic E-state index is 6.09. The third-order valence-corrected chi connectivity index (χ3v) is 7.96. The molecule has 8 heteroatoms. The van der Waals surface area contributed by atoms with E-state index in [4.69, 9.17) is 10.0 Å². The molecule has 0 bridgehead atoms. The highest BCUT2D eigenvalue weighted by Crippen LogP contribution is 2.60. The average Bonchev–Trinajstić information content (AvgIpc) is 2.11. The van der Waals surface area contributed by atoms with Crippen LogP contribution in [0.25, 0.3) is 0 Å². The maximum absolute atomic E-state index is 6.09. The van der Waals surface area contributed by atoms with E-state index in [-0.39, 0.29) is 0 Å². The Bertz CT molecular complexity index is 235. The summed E-state index contributed by atoms with van der Waals surface area (Å²) in [4.78, 5) is 0. The third kappa shape index (κ3) is 3.47. The summed E-state index contributed by atoms with van der Waals surface area (Å²) in [7, 11) is 13.5. The van der Waals surface area contributed by atoms with Gasteiger partial charge in [0.25, 0.3) is 0 Å². The maximum Gasteiger partial charge on any atom is 0.172 e. The molecule has 0 aliphatic heterocycles. The minimum atomic E-state index is -1.83.